The van der Waals surface area contributed by atoms with Crippen molar-refractivity contribution in [3.63, 3.8) is 0 Å². The molecule has 0 aromatic carbocycles. The molecule has 12 heteroatoms. The normalized spacial score (nSPS) is 20.5. The van der Waals surface area contributed by atoms with Crippen molar-refractivity contribution in [2.45, 2.75) is 84.1 Å². The van der Waals surface area contributed by atoms with Gasteiger partial charge in [-0.25, -0.2) is 9.97 Å². The second-order valence-corrected chi connectivity index (χ2v) is 11.2. The van der Waals surface area contributed by atoms with Gasteiger partial charge in [0.15, 0.2) is 0 Å². The van der Waals surface area contributed by atoms with Gasteiger partial charge in [-0.15, -0.1) is 0 Å². The number of carbonyl (C=O) groups excluding carboxylic acids is 1. The lowest BCUT2D eigenvalue weighted by atomic mass is 9.91. The molecule has 3 aromatic rings. The second-order valence-electron chi connectivity index (χ2n) is 11.2. The average Bonchev–Trinajstić information content (AvgIpc) is 3.39. The summed E-state index contributed by atoms with van der Waals surface area (Å²) in [6.07, 6.45) is 0.385. The van der Waals surface area contributed by atoms with E-state index in [1.165, 1.54) is 6.20 Å². The molecule has 0 bridgehead atoms. The van der Waals surface area contributed by atoms with E-state index in [4.69, 9.17) is 4.52 Å². The predicted molar refractivity (Wildman–Crippen MR) is 139 cm³/mol. The number of aryl methyl sites for hydroxylation is 2. The fraction of sp³-hybridized carbons (Fsp3) is 0.556. The minimum atomic E-state index is -4.66. The third-order valence-electron chi connectivity index (χ3n) is 7.89. The maximum Gasteiger partial charge on any atom is 0.419 e. The highest BCUT2D eigenvalue weighted by molar-refractivity contribution is 5.97. The lowest BCUT2D eigenvalue weighted by Crippen LogP contribution is -2.50. The summed E-state index contributed by atoms with van der Waals surface area (Å²) in [5.74, 6) is 0.489. The number of H-pyrrole nitrogens is 1. The van der Waals surface area contributed by atoms with Crippen LogP contribution in [-0.4, -0.2) is 55.6 Å². The Morgan fingerprint density at radius 1 is 1.28 bits per heavy atom. The quantitative estimate of drug-likeness (QED) is 0.405. The van der Waals surface area contributed by atoms with E-state index in [1.807, 2.05) is 13.8 Å². The highest BCUT2D eigenvalue weighted by Gasteiger charge is 2.38. The van der Waals surface area contributed by atoms with E-state index in [0.717, 1.165) is 24.6 Å². The fourth-order valence-electron chi connectivity index (χ4n) is 5.69. The Balaban J connectivity index is 1.49. The Hall–Kier alpha value is -3.41. The summed E-state index contributed by atoms with van der Waals surface area (Å²) in [6.45, 7) is 10.9. The molecule has 5 heterocycles. The van der Waals surface area contributed by atoms with Gasteiger partial charge in [-0.2, -0.15) is 13.2 Å². The topological polar surface area (TPSA) is 112 Å². The van der Waals surface area contributed by atoms with Crippen molar-refractivity contribution in [2.24, 2.45) is 0 Å². The van der Waals surface area contributed by atoms with Crippen LogP contribution in [-0.2, 0) is 12.6 Å². The first-order valence-electron chi connectivity index (χ1n) is 13.3. The van der Waals surface area contributed by atoms with E-state index in [1.54, 1.807) is 11.8 Å². The minimum absolute atomic E-state index is 0.00750. The number of anilines is 1. The summed E-state index contributed by atoms with van der Waals surface area (Å²) in [6, 6.07) is -0.317. The highest BCUT2D eigenvalue weighted by Crippen LogP contribution is 2.40. The summed E-state index contributed by atoms with van der Waals surface area (Å²) in [5, 5.41) is 10.6. The van der Waals surface area contributed by atoms with Gasteiger partial charge < -0.3 is 25.0 Å². The Labute approximate surface area is 225 Å². The van der Waals surface area contributed by atoms with E-state index < -0.39 is 11.7 Å². The van der Waals surface area contributed by atoms with Crippen molar-refractivity contribution >= 4 is 11.9 Å². The van der Waals surface area contributed by atoms with Gasteiger partial charge in [0.05, 0.1) is 17.4 Å². The molecule has 0 spiro atoms. The Bertz CT molecular complexity index is 1350. The molecule has 3 aromatic heterocycles. The molecule has 1 fully saturated rings. The van der Waals surface area contributed by atoms with Crippen molar-refractivity contribution in [3.05, 3.63) is 46.2 Å². The summed E-state index contributed by atoms with van der Waals surface area (Å²) >= 11 is 0. The average molecular weight is 546 g/mol. The summed E-state index contributed by atoms with van der Waals surface area (Å²) in [4.78, 5) is 26.7. The molecule has 9 nitrogen and oxygen atoms in total. The van der Waals surface area contributed by atoms with E-state index >= 15 is 0 Å². The molecule has 0 saturated carbocycles. The molecule has 210 valence electrons. The lowest BCUT2D eigenvalue weighted by Gasteiger charge is -2.36. The second kappa shape index (κ2) is 9.96. The summed E-state index contributed by atoms with van der Waals surface area (Å²) < 4.78 is 47.6. The lowest BCUT2D eigenvalue weighted by molar-refractivity contribution is -0.137. The Kier molecular flexibility index (Phi) is 6.94. The van der Waals surface area contributed by atoms with Crippen LogP contribution in [0.4, 0.5) is 19.1 Å². The number of alkyl halides is 3. The molecule has 2 aliphatic heterocycles. The van der Waals surface area contributed by atoms with Crippen LogP contribution in [0.2, 0.25) is 0 Å². The molecule has 39 heavy (non-hydrogen) atoms. The summed E-state index contributed by atoms with van der Waals surface area (Å²) in [5.41, 5.74) is 1.46. The standard InChI is InChI=1S/C27H34F3N7O2/c1-14-21(16(3)39-36-14)15(2)37-10-6-7-18-19(12-31-23(18)24(37)38)22-20(27(28,29)30)13-32-25(35-22)34-17-8-9-26(4,5)33-11-17/h12-13,15,17,31,33H,6-11H2,1-5H3,(H,32,34,35)/t15?,17-/m0/s1. The van der Waals surface area contributed by atoms with Crippen LogP contribution < -0.4 is 10.6 Å². The molecule has 0 aliphatic carbocycles. The highest BCUT2D eigenvalue weighted by atomic mass is 19.4. The number of aromatic amines is 1. The molecule has 0 radical (unpaired) electrons. The van der Waals surface area contributed by atoms with E-state index in [0.29, 0.717) is 42.9 Å². The number of nitrogens with one attached hydrogen (secondary N) is 3. The minimum Gasteiger partial charge on any atom is -0.361 e. The molecular formula is C27H34F3N7O2. The zero-order valence-electron chi connectivity index (χ0n) is 22.8. The van der Waals surface area contributed by atoms with Crippen LogP contribution in [0.1, 0.15) is 84.7 Å². The Morgan fingerprint density at radius 3 is 2.69 bits per heavy atom. The smallest absolute Gasteiger partial charge is 0.361 e. The zero-order chi connectivity index (χ0) is 28.1. The van der Waals surface area contributed by atoms with Crippen molar-refractivity contribution in [3.8, 4) is 11.3 Å². The molecule has 2 aliphatic rings. The first-order chi connectivity index (χ1) is 18.4. The molecule has 2 atom stereocenters. The number of halogens is 3. The number of carbonyl (C=O) groups is 1. The van der Waals surface area contributed by atoms with Gasteiger partial charge >= 0.3 is 6.18 Å². The number of aromatic nitrogens is 4. The van der Waals surface area contributed by atoms with Crippen LogP contribution in [0.3, 0.4) is 0 Å². The monoisotopic (exact) mass is 545 g/mol. The van der Waals surface area contributed by atoms with Gasteiger partial charge in [-0.3, -0.25) is 4.79 Å². The van der Waals surface area contributed by atoms with Crippen LogP contribution in [0.5, 0.6) is 0 Å². The van der Waals surface area contributed by atoms with Crippen LogP contribution in [0.15, 0.2) is 16.9 Å². The molecule has 1 unspecified atom stereocenters. The van der Waals surface area contributed by atoms with Gasteiger partial charge in [-0.1, -0.05) is 5.16 Å². The van der Waals surface area contributed by atoms with Gasteiger partial charge in [0.1, 0.15) is 17.0 Å². The molecule has 1 saturated heterocycles. The number of hydrogen-bond donors (Lipinski definition) is 3. The third kappa shape index (κ3) is 5.26. The molecule has 1 amide bonds. The van der Waals surface area contributed by atoms with Gasteiger partial charge in [0.2, 0.25) is 5.95 Å². The number of nitrogens with zero attached hydrogens (tertiary/aromatic N) is 4. The maximum atomic E-state index is 14.1. The van der Waals surface area contributed by atoms with Crippen molar-refractivity contribution in [2.75, 3.05) is 18.4 Å². The van der Waals surface area contributed by atoms with E-state index in [-0.39, 0.29) is 46.4 Å². The number of amides is 1. The van der Waals surface area contributed by atoms with Crippen LogP contribution in [0, 0.1) is 13.8 Å². The van der Waals surface area contributed by atoms with E-state index in [2.05, 4.69) is 44.6 Å². The number of fused-ring (bicyclic) bond motifs is 1. The SMILES string of the molecule is Cc1noc(C)c1C(C)N1CCCc2c(-c3nc(N[C@H]4CCC(C)(C)NC4)ncc3C(F)(F)F)c[nH]c2C1=O. The van der Waals surface area contributed by atoms with Gasteiger partial charge in [0, 0.05) is 48.2 Å². The third-order valence-corrected chi connectivity index (χ3v) is 7.89. The first kappa shape index (κ1) is 27.2. The van der Waals surface area contributed by atoms with Crippen LogP contribution >= 0.6 is 0 Å². The van der Waals surface area contributed by atoms with Crippen molar-refractivity contribution < 1.29 is 22.5 Å². The number of piperidine rings is 1. The van der Waals surface area contributed by atoms with Crippen molar-refractivity contribution in [1.29, 1.82) is 0 Å². The predicted octanol–water partition coefficient (Wildman–Crippen LogP) is 5.19. The van der Waals surface area contributed by atoms with E-state index in [9.17, 15) is 18.0 Å². The molecule has 5 rings (SSSR count). The molecule has 3 N–H and O–H groups in total. The largest absolute Gasteiger partial charge is 0.419 e. The first-order valence-corrected chi connectivity index (χ1v) is 13.3. The molecular weight excluding hydrogens is 511 g/mol. The van der Waals surface area contributed by atoms with Gasteiger partial charge in [0.25, 0.3) is 5.91 Å². The van der Waals surface area contributed by atoms with Crippen molar-refractivity contribution in [1.82, 2.24) is 30.3 Å². The maximum absolute atomic E-state index is 14.1. The fourth-order valence-corrected chi connectivity index (χ4v) is 5.69. The summed E-state index contributed by atoms with van der Waals surface area (Å²) in [7, 11) is 0. The van der Waals surface area contributed by atoms with Crippen LogP contribution in [0.25, 0.3) is 11.3 Å². The zero-order valence-corrected chi connectivity index (χ0v) is 22.8. The number of rotatable bonds is 5. The van der Waals surface area contributed by atoms with Gasteiger partial charge in [-0.05, 0) is 65.9 Å². The Morgan fingerprint density at radius 2 is 2.05 bits per heavy atom. The number of hydrogen-bond acceptors (Lipinski definition) is 7.